The van der Waals surface area contributed by atoms with Crippen LogP contribution in [0.15, 0.2) is 0 Å². The quantitative estimate of drug-likeness (QED) is 0.619. The second-order valence-electron chi connectivity index (χ2n) is 4.33. The summed E-state index contributed by atoms with van der Waals surface area (Å²) in [7, 11) is 0. The van der Waals surface area contributed by atoms with Gasteiger partial charge in [-0.2, -0.15) is 0 Å². The van der Waals surface area contributed by atoms with Crippen LogP contribution in [0.25, 0.3) is 0 Å². The van der Waals surface area contributed by atoms with Gasteiger partial charge < -0.3 is 15.5 Å². The minimum atomic E-state index is -0.384. The lowest BCUT2D eigenvalue weighted by molar-refractivity contribution is -0.159. The van der Waals surface area contributed by atoms with E-state index in [0.29, 0.717) is 25.7 Å². The molecule has 84 valence electrons. The van der Waals surface area contributed by atoms with Crippen LogP contribution in [0.4, 0.5) is 0 Å². The highest BCUT2D eigenvalue weighted by Crippen LogP contribution is 2.30. The summed E-state index contributed by atoms with van der Waals surface area (Å²) in [6.45, 7) is 3.51. The average molecular weight is 211 g/mol. The van der Waals surface area contributed by atoms with E-state index in [2.05, 4.69) is 0 Å². The number of nitrogens with two attached hydrogens (primary N) is 1. The Labute approximate surface area is 89.2 Å². The Morgan fingerprint density at radius 1 is 1.33 bits per heavy atom. The number of carbonyl (C=O) groups is 2. The van der Waals surface area contributed by atoms with Gasteiger partial charge in [-0.15, -0.1) is 0 Å². The molecule has 1 unspecified atom stereocenters. The van der Waals surface area contributed by atoms with E-state index in [1.165, 1.54) is 0 Å². The van der Waals surface area contributed by atoms with Gasteiger partial charge in [0.15, 0.2) is 0 Å². The molecule has 0 radical (unpaired) electrons. The number of nitrogens with zero attached hydrogens (tertiary/aromatic N) is 2. The summed E-state index contributed by atoms with van der Waals surface area (Å²) in [5.74, 6) is -0.727. The lowest BCUT2D eigenvalue weighted by atomic mass is 10.1. The maximum atomic E-state index is 11.8. The Kier molecular flexibility index (Phi) is 2.65. The van der Waals surface area contributed by atoms with Gasteiger partial charge in [0.05, 0.1) is 0 Å². The molecule has 0 aromatic carbocycles. The fourth-order valence-corrected chi connectivity index (χ4v) is 2.16. The fraction of sp³-hybridized carbons (Fsp3) is 0.800. The zero-order valence-electron chi connectivity index (χ0n) is 8.98. The molecule has 2 N–H and O–H groups in total. The largest absolute Gasteiger partial charge is 0.331 e. The lowest BCUT2D eigenvalue weighted by Crippen LogP contribution is -2.59. The molecule has 1 atom stereocenters. The van der Waals surface area contributed by atoms with Gasteiger partial charge in [-0.05, 0) is 19.8 Å². The van der Waals surface area contributed by atoms with Crippen LogP contribution in [-0.4, -0.2) is 53.3 Å². The second kappa shape index (κ2) is 3.81. The van der Waals surface area contributed by atoms with E-state index in [4.69, 9.17) is 5.73 Å². The van der Waals surface area contributed by atoms with Crippen molar-refractivity contribution in [2.24, 2.45) is 5.73 Å². The number of hydrogen-bond donors (Lipinski definition) is 1. The Bertz CT molecular complexity index is 288. The molecular weight excluding hydrogens is 194 g/mol. The van der Waals surface area contributed by atoms with E-state index in [1.807, 2.05) is 6.92 Å². The van der Waals surface area contributed by atoms with Crippen LogP contribution in [-0.2, 0) is 9.59 Å². The molecule has 0 aromatic heterocycles. The molecule has 2 rings (SSSR count). The third-order valence-electron chi connectivity index (χ3n) is 3.00. The van der Waals surface area contributed by atoms with Gasteiger partial charge >= 0.3 is 11.8 Å². The summed E-state index contributed by atoms with van der Waals surface area (Å²) < 4.78 is 0. The minimum Gasteiger partial charge on any atom is -0.331 e. The predicted molar refractivity (Wildman–Crippen MR) is 55.0 cm³/mol. The van der Waals surface area contributed by atoms with E-state index in [9.17, 15) is 9.59 Å². The number of piperazine rings is 1. The first kappa shape index (κ1) is 10.4. The molecule has 2 aliphatic rings. The predicted octanol–water partition coefficient (Wildman–Crippen LogP) is -0.833. The molecule has 0 spiro atoms. The maximum absolute atomic E-state index is 11.8. The summed E-state index contributed by atoms with van der Waals surface area (Å²) in [6, 6.07) is 0.450. The molecule has 1 aliphatic carbocycles. The highest BCUT2D eigenvalue weighted by molar-refractivity contribution is 6.35. The van der Waals surface area contributed by atoms with E-state index >= 15 is 0 Å². The van der Waals surface area contributed by atoms with Crippen molar-refractivity contribution in [1.29, 1.82) is 0 Å². The van der Waals surface area contributed by atoms with Crippen LogP contribution >= 0.6 is 0 Å². The zero-order valence-corrected chi connectivity index (χ0v) is 8.98. The molecule has 0 aromatic rings. The Morgan fingerprint density at radius 2 is 2.00 bits per heavy atom. The van der Waals surface area contributed by atoms with E-state index in [0.717, 1.165) is 12.8 Å². The first-order chi connectivity index (χ1) is 7.15. The van der Waals surface area contributed by atoms with Crippen LogP contribution in [0, 0.1) is 0 Å². The molecule has 1 saturated carbocycles. The smallest absolute Gasteiger partial charge is 0.312 e. The van der Waals surface area contributed by atoms with Crippen LogP contribution in [0.5, 0.6) is 0 Å². The summed E-state index contributed by atoms with van der Waals surface area (Å²) in [4.78, 5) is 26.8. The Morgan fingerprint density at radius 3 is 2.53 bits per heavy atom. The molecule has 5 heteroatoms. The summed E-state index contributed by atoms with van der Waals surface area (Å²) in [5.41, 5.74) is 5.40. The molecule has 2 amide bonds. The highest BCUT2D eigenvalue weighted by Gasteiger charge is 2.43. The fourth-order valence-electron chi connectivity index (χ4n) is 2.16. The average Bonchev–Trinajstić information content (AvgIpc) is 2.98. The van der Waals surface area contributed by atoms with E-state index < -0.39 is 0 Å². The summed E-state index contributed by atoms with van der Waals surface area (Å²) >= 11 is 0. The van der Waals surface area contributed by atoms with Crippen molar-refractivity contribution in [3.05, 3.63) is 0 Å². The van der Waals surface area contributed by atoms with Gasteiger partial charge in [-0.3, -0.25) is 9.59 Å². The van der Waals surface area contributed by atoms with Crippen molar-refractivity contribution >= 4 is 11.8 Å². The van der Waals surface area contributed by atoms with Crippen molar-refractivity contribution in [2.45, 2.75) is 31.8 Å². The molecular formula is C10H17N3O2. The van der Waals surface area contributed by atoms with Gasteiger partial charge in [0.25, 0.3) is 0 Å². The molecule has 15 heavy (non-hydrogen) atoms. The normalized spacial score (nSPS) is 27.5. The monoisotopic (exact) mass is 211 g/mol. The SMILES string of the molecule is CC1CN(CCN)C(=O)C(=O)N1C1CC1. The van der Waals surface area contributed by atoms with Gasteiger partial charge in [-0.1, -0.05) is 0 Å². The van der Waals surface area contributed by atoms with Gasteiger partial charge in [0.2, 0.25) is 0 Å². The number of amides is 2. The van der Waals surface area contributed by atoms with Gasteiger partial charge in [-0.25, -0.2) is 0 Å². The molecule has 1 heterocycles. The number of rotatable bonds is 3. The van der Waals surface area contributed by atoms with E-state index in [1.54, 1.807) is 9.80 Å². The lowest BCUT2D eigenvalue weighted by Gasteiger charge is -2.38. The van der Waals surface area contributed by atoms with Crippen molar-refractivity contribution < 1.29 is 9.59 Å². The third kappa shape index (κ3) is 1.84. The van der Waals surface area contributed by atoms with Crippen LogP contribution in [0.1, 0.15) is 19.8 Å². The maximum Gasteiger partial charge on any atom is 0.312 e. The van der Waals surface area contributed by atoms with Crippen LogP contribution < -0.4 is 5.73 Å². The van der Waals surface area contributed by atoms with Crippen LogP contribution in [0.2, 0.25) is 0 Å². The minimum absolute atomic E-state index is 0.134. The summed E-state index contributed by atoms with van der Waals surface area (Å²) in [6.07, 6.45) is 2.08. The Balaban J connectivity index is 2.08. The van der Waals surface area contributed by atoms with Crippen molar-refractivity contribution in [3.8, 4) is 0 Å². The number of hydrogen-bond acceptors (Lipinski definition) is 3. The number of carbonyl (C=O) groups excluding carboxylic acids is 2. The first-order valence-corrected chi connectivity index (χ1v) is 5.46. The van der Waals surface area contributed by atoms with Crippen molar-refractivity contribution in [3.63, 3.8) is 0 Å². The van der Waals surface area contributed by atoms with Crippen LogP contribution in [0.3, 0.4) is 0 Å². The van der Waals surface area contributed by atoms with Crippen molar-refractivity contribution in [2.75, 3.05) is 19.6 Å². The van der Waals surface area contributed by atoms with E-state index in [-0.39, 0.29) is 17.9 Å². The Hall–Kier alpha value is -1.10. The molecule has 1 saturated heterocycles. The summed E-state index contributed by atoms with van der Waals surface area (Å²) in [5, 5.41) is 0. The van der Waals surface area contributed by atoms with Crippen molar-refractivity contribution in [1.82, 2.24) is 9.80 Å². The second-order valence-corrected chi connectivity index (χ2v) is 4.33. The molecule has 1 aliphatic heterocycles. The standard InChI is InChI=1S/C10H17N3O2/c1-7-6-12(5-4-11)9(14)10(15)13(7)8-2-3-8/h7-8H,2-6,11H2,1H3. The first-order valence-electron chi connectivity index (χ1n) is 5.46. The highest BCUT2D eigenvalue weighted by atomic mass is 16.2. The zero-order chi connectivity index (χ0) is 11.0. The molecule has 2 fully saturated rings. The van der Waals surface area contributed by atoms with Gasteiger partial charge in [0.1, 0.15) is 0 Å². The molecule has 0 bridgehead atoms. The third-order valence-corrected chi connectivity index (χ3v) is 3.00. The van der Waals surface area contributed by atoms with Gasteiger partial charge in [0, 0.05) is 31.7 Å². The topological polar surface area (TPSA) is 66.6 Å². The molecule has 5 nitrogen and oxygen atoms in total.